The number of non-ortho nitro benzene ring substituents is 1. The number of nitrogens with two attached hydrogens (primary N) is 1. The Hall–Kier alpha value is -2.26. The van der Waals surface area contributed by atoms with Crippen molar-refractivity contribution < 1.29 is 15.1 Å². The summed E-state index contributed by atoms with van der Waals surface area (Å²) in [5.74, 6) is 0. The van der Waals surface area contributed by atoms with Crippen LogP contribution >= 0.6 is 24.8 Å². The van der Waals surface area contributed by atoms with Crippen LogP contribution < -0.4 is 15.5 Å². The number of benzene rings is 2. The van der Waals surface area contributed by atoms with Crippen molar-refractivity contribution in [1.29, 1.82) is 0 Å². The molecule has 0 spiro atoms. The van der Waals surface area contributed by atoms with Crippen molar-refractivity contribution in [1.82, 2.24) is 0 Å². The maximum absolute atomic E-state index is 10.4. The second-order valence-electron chi connectivity index (χ2n) is 7.14. The van der Waals surface area contributed by atoms with Crippen molar-refractivity contribution in [2.24, 2.45) is 0 Å². The van der Waals surface area contributed by atoms with Crippen LogP contribution in [0.2, 0.25) is 0 Å². The van der Waals surface area contributed by atoms with E-state index in [9.17, 15) is 20.3 Å². The number of nitrogen functional groups attached to an aromatic ring is 1. The fourth-order valence-corrected chi connectivity index (χ4v) is 3.42. The summed E-state index contributed by atoms with van der Waals surface area (Å²) in [7, 11) is 0. The minimum absolute atomic E-state index is 0. The number of hydrogen-bond donors (Lipinski definition) is 3. The van der Waals surface area contributed by atoms with Crippen LogP contribution in [0.3, 0.4) is 0 Å². The molecule has 0 aliphatic carbocycles. The molecule has 2 aromatic carbocycles. The molecule has 0 bridgehead atoms. The van der Waals surface area contributed by atoms with E-state index in [4.69, 9.17) is 5.73 Å². The normalized spacial score (nSPS) is 19.9. The fraction of sp³-hybridized carbons (Fsp3) is 0.400. The molecule has 2 aliphatic heterocycles. The van der Waals surface area contributed by atoms with Gasteiger partial charge in [0.25, 0.3) is 5.69 Å². The van der Waals surface area contributed by atoms with Crippen molar-refractivity contribution in [3.05, 3.63) is 58.6 Å². The number of aliphatic hydroxyl groups excluding tert-OH is 2. The number of hydrogen-bond acceptors (Lipinski definition) is 7. The Kier molecular flexibility index (Phi) is 10.1. The molecular weight excluding hydrogens is 431 g/mol. The van der Waals surface area contributed by atoms with Crippen molar-refractivity contribution in [2.75, 3.05) is 41.7 Å². The molecule has 166 valence electrons. The van der Waals surface area contributed by atoms with E-state index in [2.05, 4.69) is 4.90 Å². The largest absolute Gasteiger partial charge is 0.399 e. The lowest BCUT2D eigenvalue weighted by Gasteiger charge is -2.17. The molecule has 0 saturated carbocycles. The van der Waals surface area contributed by atoms with Gasteiger partial charge < -0.3 is 25.7 Å². The highest BCUT2D eigenvalue weighted by Gasteiger charge is 2.21. The number of nitrogens with zero attached hydrogens (tertiary/aromatic N) is 3. The van der Waals surface area contributed by atoms with Crippen molar-refractivity contribution in [3.8, 4) is 0 Å². The van der Waals surface area contributed by atoms with Gasteiger partial charge in [0.05, 0.1) is 17.1 Å². The Morgan fingerprint density at radius 1 is 0.833 bits per heavy atom. The molecule has 30 heavy (non-hydrogen) atoms. The molecule has 10 heteroatoms. The number of nitro benzene ring substituents is 1. The molecule has 2 atom stereocenters. The van der Waals surface area contributed by atoms with Crippen molar-refractivity contribution >= 4 is 47.6 Å². The lowest BCUT2D eigenvalue weighted by molar-refractivity contribution is -0.384. The summed E-state index contributed by atoms with van der Waals surface area (Å²) < 4.78 is 0. The molecule has 0 radical (unpaired) electrons. The van der Waals surface area contributed by atoms with Crippen LogP contribution in [0.5, 0.6) is 0 Å². The Bertz CT molecular complexity index is 792. The van der Waals surface area contributed by atoms with Gasteiger partial charge in [-0.2, -0.15) is 0 Å². The molecule has 4 N–H and O–H groups in total. The van der Waals surface area contributed by atoms with E-state index < -0.39 is 4.92 Å². The average Bonchev–Trinajstić information content (AvgIpc) is 3.31. The summed E-state index contributed by atoms with van der Waals surface area (Å²) in [6.45, 7) is 3.09. The Morgan fingerprint density at radius 3 is 1.57 bits per heavy atom. The molecule has 2 aliphatic rings. The van der Waals surface area contributed by atoms with E-state index in [1.54, 1.807) is 12.1 Å². The smallest absolute Gasteiger partial charge is 0.269 e. The van der Waals surface area contributed by atoms with Crippen LogP contribution in [-0.2, 0) is 0 Å². The van der Waals surface area contributed by atoms with Crippen LogP contribution in [0.1, 0.15) is 12.8 Å². The maximum Gasteiger partial charge on any atom is 0.269 e. The quantitative estimate of drug-likeness (QED) is 0.367. The molecule has 8 nitrogen and oxygen atoms in total. The monoisotopic (exact) mass is 458 g/mol. The SMILES string of the molecule is Cl.Cl.Nc1ccc(N2CC[C@@H](O)C2)cc1.O=[N+]([O-])c1ccc(N2CC[C@@H](O)C2)cc1. The molecule has 0 unspecified atom stereocenters. The first-order valence-corrected chi connectivity index (χ1v) is 9.38. The van der Waals surface area contributed by atoms with Gasteiger partial charge >= 0.3 is 0 Å². The third-order valence-corrected chi connectivity index (χ3v) is 5.01. The van der Waals surface area contributed by atoms with Crippen LogP contribution in [-0.4, -0.2) is 53.5 Å². The summed E-state index contributed by atoms with van der Waals surface area (Å²) in [5, 5.41) is 29.1. The van der Waals surface area contributed by atoms with E-state index in [-0.39, 0.29) is 42.7 Å². The van der Waals surface area contributed by atoms with Gasteiger partial charge in [-0.3, -0.25) is 10.1 Å². The first-order chi connectivity index (χ1) is 13.4. The molecule has 4 rings (SSSR count). The molecule has 0 amide bonds. The first-order valence-electron chi connectivity index (χ1n) is 9.38. The molecule has 0 aromatic heterocycles. The standard InChI is InChI=1S/C10H12N2O3.C10H14N2O.2ClH/c13-10-5-6-11(7-10)8-1-3-9(4-2-8)12(14)15;11-8-1-3-9(4-2-8)12-6-5-10(13)7-12;;/h1-4,10,13H,5-7H2;1-4,10,13H,5-7,11H2;2*1H/t2*10-;;/m11../s1. The maximum atomic E-state index is 10.4. The molecule has 2 saturated heterocycles. The van der Waals surface area contributed by atoms with E-state index in [1.165, 1.54) is 12.1 Å². The number of anilines is 3. The van der Waals surface area contributed by atoms with Crippen molar-refractivity contribution in [2.45, 2.75) is 25.0 Å². The van der Waals surface area contributed by atoms with E-state index in [0.29, 0.717) is 6.54 Å². The molecular formula is C20H28Cl2N4O4. The van der Waals surface area contributed by atoms with Gasteiger partial charge in [-0.25, -0.2) is 0 Å². The Morgan fingerprint density at radius 2 is 1.23 bits per heavy atom. The molecule has 2 heterocycles. The first kappa shape index (κ1) is 25.8. The summed E-state index contributed by atoms with van der Waals surface area (Å²) in [6.07, 6.45) is 1.18. The van der Waals surface area contributed by atoms with Gasteiger partial charge in [0, 0.05) is 55.4 Å². The van der Waals surface area contributed by atoms with E-state index >= 15 is 0 Å². The van der Waals surface area contributed by atoms with Crippen LogP contribution in [0.4, 0.5) is 22.7 Å². The molecule has 2 aromatic rings. The lowest BCUT2D eigenvalue weighted by atomic mass is 10.2. The Balaban J connectivity index is 0.000000284. The highest BCUT2D eigenvalue weighted by Crippen LogP contribution is 2.23. The zero-order valence-corrected chi connectivity index (χ0v) is 18.1. The highest BCUT2D eigenvalue weighted by atomic mass is 35.5. The average molecular weight is 459 g/mol. The van der Waals surface area contributed by atoms with E-state index in [1.807, 2.05) is 29.2 Å². The molecule has 2 fully saturated rings. The summed E-state index contributed by atoms with van der Waals surface area (Å²) in [6, 6.07) is 14.2. The van der Waals surface area contributed by atoms with Gasteiger partial charge in [-0.15, -0.1) is 24.8 Å². The number of aliphatic hydroxyl groups is 2. The number of nitro groups is 1. The van der Waals surface area contributed by atoms with Gasteiger partial charge in [-0.1, -0.05) is 0 Å². The topological polar surface area (TPSA) is 116 Å². The number of halogens is 2. The second-order valence-corrected chi connectivity index (χ2v) is 7.14. The minimum Gasteiger partial charge on any atom is -0.399 e. The van der Waals surface area contributed by atoms with Gasteiger partial charge in [0.2, 0.25) is 0 Å². The second kappa shape index (κ2) is 11.8. The number of rotatable bonds is 3. The number of β-amino-alcohol motifs (C(OH)–C–C–N with tert-alkyl or cyclic N) is 2. The van der Waals surface area contributed by atoms with Gasteiger partial charge in [0.15, 0.2) is 0 Å². The van der Waals surface area contributed by atoms with Crippen LogP contribution in [0.25, 0.3) is 0 Å². The van der Waals surface area contributed by atoms with Gasteiger partial charge in [-0.05, 0) is 49.2 Å². The zero-order chi connectivity index (χ0) is 20.1. The zero-order valence-electron chi connectivity index (χ0n) is 16.5. The predicted molar refractivity (Wildman–Crippen MR) is 124 cm³/mol. The minimum atomic E-state index is -0.414. The third-order valence-electron chi connectivity index (χ3n) is 5.01. The van der Waals surface area contributed by atoms with Gasteiger partial charge in [0.1, 0.15) is 0 Å². The Labute approximate surface area is 188 Å². The van der Waals surface area contributed by atoms with Crippen LogP contribution in [0.15, 0.2) is 48.5 Å². The third kappa shape index (κ3) is 6.91. The highest BCUT2D eigenvalue weighted by molar-refractivity contribution is 5.85. The van der Waals surface area contributed by atoms with E-state index in [0.717, 1.165) is 49.5 Å². The summed E-state index contributed by atoms with van der Waals surface area (Å²) >= 11 is 0. The predicted octanol–water partition coefficient (Wildman–Crippen LogP) is 2.85. The van der Waals surface area contributed by atoms with Crippen LogP contribution in [0, 0.1) is 10.1 Å². The fourth-order valence-electron chi connectivity index (χ4n) is 3.42. The lowest BCUT2D eigenvalue weighted by Crippen LogP contribution is -2.20. The summed E-state index contributed by atoms with van der Waals surface area (Å²) in [4.78, 5) is 14.2. The summed E-state index contributed by atoms with van der Waals surface area (Å²) in [5.41, 5.74) is 8.53. The van der Waals surface area contributed by atoms with Crippen molar-refractivity contribution in [3.63, 3.8) is 0 Å².